The van der Waals surface area contributed by atoms with Crippen LogP contribution in [0.15, 0.2) is 47.8 Å². The van der Waals surface area contributed by atoms with Crippen molar-refractivity contribution >= 4 is 23.2 Å². The first-order valence-electron chi connectivity index (χ1n) is 7.28. The van der Waals surface area contributed by atoms with Crippen LogP contribution in [-0.4, -0.2) is 11.8 Å². The van der Waals surface area contributed by atoms with E-state index in [0.717, 1.165) is 10.4 Å². The Kier molecular flexibility index (Phi) is 6.15. The molecule has 0 spiro atoms. The molecule has 0 fully saturated rings. The molecular weight excluding hydrogens is 296 g/mol. The van der Waals surface area contributed by atoms with E-state index < -0.39 is 0 Å². The summed E-state index contributed by atoms with van der Waals surface area (Å²) in [4.78, 5) is 24.7. The van der Waals surface area contributed by atoms with E-state index in [4.69, 9.17) is 0 Å². The number of carbonyl (C=O) groups excluding carboxylic acids is 2. The molecule has 0 saturated heterocycles. The molecule has 4 nitrogen and oxygen atoms in total. The van der Waals surface area contributed by atoms with E-state index >= 15 is 0 Å². The van der Waals surface area contributed by atoms with E-state index in [0.29, 0.717) is 6.54 Å². The average Bonchev–Trinajstić information content (AvgIpc) is 3.05. The van der Waals surface area contributed by atoms with Crippen molar-refractivity contribution in [2.45, 2.75) is 32.4 Å². The number of amides is 2. The van der Waals surface area contributed by atoms with Gasteiger partial charge in [0.1, 0.15) is 0 Å². The minimum absolute atomic E-state index is 0.0529. The summed E-state index contributed by atoms with van der Waals surface area (Å²) in [5.41, 5.74) is 1.05. The molecular formula is C17H20N2O2S. The van der Waals surface area contributed by atoms with E-state index in [1.165, 1.54) is 0 Å². The van der Waals surface area contributed by atoms with Gasteiger partial charge in [-0.2, -0.15) is 0 Å². The summed E-state index contributed by atoms with van der Waals surface area (Å²) >= 11 is 1.60. The lowest BCUT2D eigenvalue weighted by atomic mass is 10.1. The van der Waals surface area contributed by atoms with Gasteiger partial charge in [0.15, 0.2) is 0 Å². The molecule has 2 amide bonds. The predicted molar refractivity (Wildman–Crippen MR) is 88.4 cm³/mol. The van der Waals surface area contributed by atoms with Gasteiger partial charge in [0.05, 0.1) is 12.6 Å². The largest absolute Gasteiger partial charge is 0.351 e. The van der Waals surface area contributed by atoms with Gasteiger partial charge in [0, 0.05) is 17.7 Å². The van der Waals surface area contributed by atoms with Gasteiger partial charge in [0.2, 0.25) is 11.8 Å². The Morgan fingerprint density at radius 2 is 1.77 bits per heavy atom. The lowest BCUT2D eigenvalue weighted by molar-refractivity contribution is -0.126. The smallest absolute Gasteiger partial charge is 0.220 e. The third-order valence-electron chi connectivity index (χ3n) is 3.30. The van der Waals surface area contributed by atoms with Crippen LogP contribution in [0.25, 0.3) is 0 Å². The normalized spacial score (nSPS) is 11.7. The Hall–Kier alpha value is -2.14. The Labute approximate surface area is 134 Å². The van der Waals surface area contributed by atoms with Gasteiger partial charge >= 0.3 is 0 Å². The number of nitrogens with one attached hydrogen (secondary N) is 2. The van der Waals surface area contributed by atoms with Crippen LogP contribution in [0.3, 0.4) is 0 Å². The topological polar surface area (TPSA) is 58.2 Å². The third-order valence-corrected chi connectivity index (χ3v) is 4.17. The number of rotatable bonds is 7. The molecule has 2 aromatic rings. The van der Waals surface area contributed by atoms with E-state index in [9.17, 15) is 9.59 Å². The maximum absolute atomic E-state index is 11.9. The van der Waals surface area contributed by atoms with Gasteiger partial charge in [0.25, 0.3) is 0 Å². The van der Waals surface area contributed by atoms with Crippen LogP contribution < -0.4 is 10.6 Å². The Morgan fingerprint density at radius 3 is 2.45 bits per heavy atom. The maximum Gasteiger partial charge on any atom is 0.220 e. The molecule has 0 aliphatic heterocycles. The van der Waals surface area contributed by atoms with Crippen LogP contribution in [0.5, 0.6) is 0 Å². The van der Waals surface area contributed by atoms with Crippen molar-refractivity contribution < 1.29 is 9.59 Å². The third kappa shape index (κ3) is 5.33. The molecule has 0 unspecified atom stereocenters. The van der Waals surface area contributed by atoms with Gasteiger partial charge in [-0.05, 0) is 23.9 Å². The van der Waals surface area contributed by atoms with E-state index in [1.54, 1.807) is 11.3 Å². The highest BCUT2D eigenvalue weighted by Gasteiger charge is 2.11. The molecule has 1 atom stereocenters. The molecule has 0 bridgehead atoms. The molecule has 0 aliphatic carbocycles. The summed E-state index contributed by atoms with van der Waals surface area (Å²) in [6, 6.07) is 13.6. The SMILES string of the molecule is C[C@@H](NC(=O)CCC(=O)NCc1cccs1)c1ccccc1. The Balaban J connectivity index is 1.67. The molecule has 1 aromatic carbocycles. The van der Waals surface area contributed by atoms with Crippen molar-refractivity contribution in [2.75, 3.05) is 0 Å². The Bertz CT molecular complexity index is 596. The van der Waals surface area contributed by atoms with Crippen molar-refractivity contribution in [1.82, 2.24) is 10.6 Å². The summed E-state index contributed by atoms with van der Waals surface area (Å²) < 4.78 is 0. The minimum Gasteiger partial charge on any atom is -0.351 e. The molecule has 0 aliphatic rings. The van der Waals surface area contributed by atoms with E-state index in [1.807, 2.05) is 54.8 Å². The lowest BCUT2D eigenvalue weighted by Crippen LogP contribution is -2.29. The fourth-order valence-electron chi connectivity index (χ4n) is 2.05. The zero-order chi connectivity index (χ0) is 15.8. The fourth-order valence-corrected chi connectivity index (χ4v) is 2.70. The van der Waals surface area contributed by atoms with Gasteiger partial charge in [-0.25, -0.2) is 0 Å². The Morgan fingerprint density at radius 1 is 1.05 bits per heavy atom. The first-order chi connectivity index (χ1) is 10.6. The summed E-state index contributed by atoms with van der Waals surface area (Å²) in [7, 11) is 0. The molecule has 1 heterocycles. The molecule has 0 saturated carbocycles. The second-order valence-corrected chi connectivity index (χ2v) is 6.09. The number of carbonyl (C=O) groups is 2. The van der Waals surface area contributed by atoms with Crippen LogP contribution in [0.1, 0.15) is 36.2 Å². The average molecular weight is 316 g/mol. The quantitative estimate of drug-likeness (QED) is 0.825. The highest BCUT2D eigenvalue weighted by molar-refractivity contribution is 7.09. The highest BCUT2D eigenvalue weighted by atomic mass is 32.1. The van der Waals surface area contributed by atoms with Crippen molar-refractivity contribution in [2.24, 2.45) is 0 Å². The summed E-state index contributed by atoms with van der Waals surface area (Å²) in [6.45, 7) is 2.46. The van der Waals surface area contributed by atoms with Gasteiger partial charge in [-0.1, -0.05) is 36.4 Å². The molecule has 2 rings (SSSR count). The molecule has 2 N–H and O–H groups in total. The van der Waals surface area contributed by atoms with Crippen LogP contribution in [0, 0.1) is 0 Å². The van der Waals surface area contributed by atoms with Crippen molar-refractivity contribution in [3.63, 3.8) is 0 Å². The molecule has 5 heteroatoms. The van der Waals surface area contributed by atoms with Crippen LogP contribution >= 0.6 is 11.3 Å². The van der Waals surface area contributed by atoms with E-state index in [-0.39, 0.29) is 30.7 Å². The van der Waals surface area contributed by atoms with Gasteiger partial charge < -0.3 is 10.6 Å². The molecule has 22 heavy (non-hydrogen) atoms. The standard InChI is InChI=1S/C17H20N2O2S/c1-13(14-6-3-2-4-7-14)19-17(21)10-9-16(20)18-12-15-8-5-11-22-15/h2-8,11,13H,9-10,12H2,1H3,(H,18,20)(H,19,21)/t13-/m1/s1. The summed E-state index contributed by atoms with van der Waals surface area (Å²) in [6.07, 6.45) is 0.409. The van der Waals surface area contributed by atoms with Crippen molar-refractivity contribution in [1.29, 1.82) is 0 Å². The fraction of sp³-hybridized carbons (Fsp3) is 0.294. The summed E-state index contributed by atoms with van der Waals surface area (Å²) in [5, 5.41) is 7.69. The molecule has 116 valence electrons. The van der Waals surface area contributed by atoms with Gasteiger partial charge in [-0.15, -0.1) is 11.3 Å². The number of hydrogen-bond acceptors (Lipinski definition) is 3. The highest BCUT2D eigenvalue weighted by Crippen LogP contribution is 2.11. The monoisotopic (exact) mass is 316 g/mol. The summed E-state index contributed by atoms with van der Waals surface area (Å²) in [5.74, 6) is -0.210. The zero-order valence-electron chi connectivity index (χ0n) is 12.5. The predicted octanol–water partition coefficient (Wildman–Crippen LogP) is 3.02. The van der Waals surface area contributed by atoms with Gasteiger partial charge in [-0.3, -0.25) is 9.59 Å². The minimum atomic E-state index is -0.109. The first kappa shape index (κ1) is 16.2. The zero-order valence-corrected chi connectivity index (χ0v) is 13.4. The van der Waals surface area contributed by atoms with Crippen LogP contribution in [-0.2, 0) is 16.1 Å². The lowest BCUT2D eigenvalue weighted by Gasteiger charge is -2.14. The van der Waals surface area contributed by atoms with E-state index in [2.05, 4.69) is 10.6 Å². The molecule has 0 radical (unpaired) electrons. The maximum atomic E-state index is 11.9. The second kappa shape index (κ2) is 8.34. The van der Waals surface area contributed by atoms with Crippen molar-refractivity contribution in [3.05, 3.63) is 58.3 Å². The second-order valence-electron chi connectivity index (χ2n) is 5.06. The van der Waals surface area contributed by atoms with Crippen molar-refractivity contribution in [3.8, 4) is 0 Å². The first-order valence-corrected chi connectivity index (χ1v) is 8.16. The van der Waals surface area contributed by atoms with Crippen LogP contribution in [0.2, 0.25) is 0 Å². The number of benzene rings is 1. The molecule has 1 aromatic heterocycles. The number of hydrogen-bond donors (Lipinski definition) is 2. The number of thiophene rings is 1. The van der Waals surface area contributed by atoms with Crippen LogP contribution in [0.4, 0.5) is 0 Å².